The molecule has 1 aromatic carbocycles. The fourth-order valence-electron chi connectivity index (χ4n) is 4.03. The maximum Gasteiger partial charge on any atom is 0.242 e. The second-order valence-corrected chi connectivity index (χ2v) is 9.36. The van der Waals surface area contributed by atoms with Crippen molar-refractivity contribution >= 4 is 23.2 Å². The summed E-state index contributed by atoms with van der Waals surface area (Å²) in [6.45, 7) is 7.46. The van der Waals surface area contributed by atoms with Crippen LogP contribution in [0.4, 0.5) is 4.39 Å². The van der Waals surface area contributed by atoms with E-state index in [4.69, 9.17) is 0 Å². The minimum Gasteiger partial charge on any atom is -0.333 e. The van der Waals surface area contributed by atoms with E-state index in [1.54, 1.807) is 28.4 Å². The number of carbonyl (C=O) groups excluding carboxylic acids is 2. The molecule has 2 amide bonds. The SMILES string of the molecule is CCCCC(=O)N(CC(=O)N1CCc2sccc2[C@@H]1c1ccc(F)cc1)CC(C)C. The van der Waals surface area contributed by atoms with Gasteiger partial charge in [-0.3, -0.25) is 9.59 Å². The highest BCUT2D eigenvalue weighted by atomic mass is 32.1. The molecule has 0 unspecified atom stereocenters. The van der Waals surface area contributed by atoms with Crippen molar-refractivity contribution in [2.75, 3.05) is 19.6 Å². The number of rotatable bonds is 8. The molecule has 0 fully saturated rings. The van der Waals surface area contributed by atoms with Crippen LogP contribution in [0.15, 0.2) is 35.7 Å². The number of hydrogen-bond donors (Lipinski definition) is 0. The first-order valence-electron chi connectivity index (χ1n) is 10.8. The Kier molecular flexibility index (Phi) is 7.64. The van der Waals surface area contributed by atoms with Gasteiger partial charge in [-0.05, 0) is 53.5 Å². The zero-order valence-corrected chi connectivity index (χ0v) is 18.9. The average molecular weight is 431 g/mol. The lowest BCUT2D eigenvalue weighted by Crippen LogP contribution is -2.47. The Morgan fingerprint density at radius 3 is 2.63 bits per heavy atom. The van der Waals surface area contributed by atoms with Crippen LogP contribution in [0, 0.1) is 11.7 Å². The zero-order valence-electron chi connectivity index (χ0n) is 18.1. The van der Waals surface area contributed by atoms with Crippen LogP contribution in [0.25, 0.3) is 0 Å². The van der Waals surface area contributed by atoms with Crippen LogP contribution in [0.2, 0.25) is 0 Å². The standard InChI is InChI=1S/C24H31FN2O2S/c1-4-5-6-22(28)26(15-17(2)3)16-23(29)27-13-11-21-20(12-14-30-21)24(27)18-7-9-19(25)10-8-18/h7-10,12,14,17,24H,4-6,11,13,15-16H2,1-3H3/t24-/m0/s1. The average Bonchev–Trinajstić information content (AvgIpc) is 3.20. The fourth-order valence-corrected chi connectivity index (χ4v) is 4.93. The molecule has 0 N–H and O–H groups in total. The van der Waals surface area contributed by atoms with Gasteiger partial charge in [-0.15, -0.1) is 11.3 Å². The second kappa shape index (κ2) is 10.2. The monoisotopic (exact) mass is 430 g/mol. The van der Waals surface area contributed by atoms with Crippen molar-refractivity contribution < 1.29 is 14.0 Å². The quantitative estimate of drug-likeness (QED) is 0.589. The summed E-state index contributed by atoms with van der Waals surface area (Å²) in [7, 11) is 0. The molecule has 2 aromatic rings. The number of fused-ring (bicyclic) bond motifs is 1. The highest BCUT2D eigenvalue weighted by Gasteiger charge is 2.34. The van der Waals surface area contributed by atoms with Crippen LogP contribution in [0.1, 0.15) is 62.1 Å². The van der Waals surface area contributed by atoms with Gasteiger partial charge in [0.2, 0.25) is 11.8 Å². The van der Waals surface area contributed by atoms with Crippen molar-refractivity contribution in [2.45, 2.75) is 52.5 Å². The van der Waals surface area contributed by atoms with E-state index in [9.17, 15) is 14.0 Å². The van der Waals surface area contributed by atoms with E-state index >= 15 is 0 Å². The van der Waals surface area contributed by atoms with Gasteiger partial charge in [-0.1, -0.05) is 39.3 Å². The summed E-state index contributed by atoms with van der Waals surface area (Å²) in [4.78, 5) is 31.0. The predicted octanol–water partition coefficient (Wildman–Crippen LogP) is 5.04. The first kappa shape index (κ1) is 22.5. The second-order valence-electron chi connectivity index (χ2n) is 8.36. The summed E-state index contributed by atoms with van der Waals surface area (Å²) in [5, 5.41) is 2.05. The third-order valence-electron chi connectivity index (χ3n) is 5.48. The van der Waals surface area contributed by atoms with Crippen molar-refractivity contribution in [2.24, 2.45) is 5.92 Å². The molecule has 162 valence electrons. The molecule has 0 spiro atoms. The Labute approximate surface area is 182 Å². The van der Waals surface area contributed by atoms with Gasteiger partial charge in [0.1, 0.15) is 5.82 Å². The third kappa shape index (κ3) is 5.28. The highest BCUT2D eigenvalue weighted by molar-refractivity contribution is 7.10. The Morgan fingerprint density at radius 2 is 1.97 bits per heavy atom. The summed E-state index contributed by atoms with van der Waals surface area (Å²) in [6.07, 6.45) is 3.08. The molecule has 1 atom stereocenters. The van der Waals surface area contributed by atoms with Crippen molar-refractivity contribution in [3.8, 4) is 0 Å². The van der Waals surface area contributed by atoms with E-state index in [-0.39, 0.29) is 30.2 Å². The molecule has 30 heavy (non-hydrogen) atoms. The predicted molar refractivity (Wildman–Crippen MR) is 119 cm³/mol. The molecule has 3 rings (SSSR count). The number of hydrogen-bond acceptors (Lipinski definition) is 3. The van der Waals surface area contributed by atoms with E-state index in [0.717, 1.165) is 30.4 Å². The van der Waals surface area contributed by atoms with E-state index < -0.39 is 0 Å². The molecule has 0 saturated carbocycles. The molecule has 4 nitrogen and oxygen atoms in total. The molecule has 1 aliphatic heterocycles. The maximum absolute atomic E-state index is 13.5. The summed E-state index contributed by atoms with van der Waals surface area (Å²) in [6, 6.07) is 8.22. The summed E-state index contributed by atoms with van der Waals surface area (Å²) in [5.74, 6) is 0.000786. The minimum atomic E-state index is -0.289. The van der Waals surface area contributed by atoms with Gasteiger partial charge in [0.15, 0.2) is 0 Å². The minimum absolute atomic E-state index is 0.0467. The van der Waals surface area contributed by atoms with E-state index in [0.29, 0.717) is 25.4 Å². The smallest absolute Gasteiger partial charge is 0.242 e. The number of unbranched alkanes of at least 4 members (excludes halogenated alkanes) is 1. The topological polar surface area (TPSA) is 40.6 Å². The molecular formula is C24H31FN2O2S. The van der Waals surface area contributed by atoms with Crippen LogP contribution in [-0.2, 0) is 16.0 Å². The van der Waals surface area contributed by atoms with Crippen LogP contribution < -0.4 is 0 Å². The van der Waals surface area contributed by atoms with Crippen LogP contribution >= 0.6 is 11.3 Å². The van der Waals surface area contributed by atoms with Gasteiger partial charge in [0.05, 0.1) is 12.6 Å². The van der Waals surface area contributed by atoms with Crippen molar-refractivity contribution in [1.82, 2.24) is 9.80 Å². The molecule has 0 bridgehead atoms. The Bertz CT molecular complexity index is 862. The van der Waals surface area contributed by atoms with Gasteiger partial charge in [0, 0.05) is 24.4 Å². The largest absolute Gasteiger partial charge is 0.333 e. The Hall–Kier alpha value is -2.21. The third-order valence-corrected chi connectivity index (χ3v) is 6.48. The normalized spacial score (nSPS) is 15.9. The van der Waals surface area contributed by atoms with Gasteiger partial charge in [-0.2, -0.15) is 0 Å². The molecule has 1 aromatic heterocycles. The van der Waals surface area contributed by atoms with Crippen LogP contribution in [0.3, 0.4) is 0 Å². The first-order chi connectivity index (χ1) is 14.4. The first-order valence-corrected chi connectivity index (χ1v) is 11.7. The van der Waals surface area contributed by atoms with Gasteiger partial charge < -0.3 is 9.80 Å². The van der Waals surface area contributed by atoms with E-state index in [1.165, 1.54) is 17.0 Å². The van der Waals surface area contributed by atoms with E-state index in [1.807, 2.05) is 4.90 Å². The lowest BCUT2D eigenvalue weighted by atomic mass is 9.93. The molecule has 0 radical (unpaired) electrons. The van der Waals surface area contributed by atoms with Crippen molar-refractivity contribution in [3.63, 3.8) is 0 Å². The number of carbonyl (C=O) groups is 2. The number of thiophene rings is 1. The molecule has 0 aliphatic carbocycles. The molecule has 6 heteroatoms. The Morgan fingerprint density at radius 1 is 1.23 bits per heavy atom. The number of amides is 2. The number of benzene rings is 1. The van der Waals surface area contributed by atoms with Crippen molar-refractivity contribution in [1.29, 1.82) is 0 Å². The lowest BCUT2D eigenvalue weighted by Gasteiger charge is -2.38. The Balaban J connectivity index is 1.84. The molecule has 0 saturated heterocycles. The summed E-state index contributed by atoms with van der Waals surface area (Å²) >= 11 is 1.70. The van der Waals surface area contributed by atoms with Gasteiger partial charge in [-0.25, -0.2) is 4.39 Å². The van der Waals surface area contributed by atoms with E-state index in [2.05, 4.69) is 32.2 Å². The molecule has 1 aliphatic rings. The molecular weight excluding hydrogens is 399 g/mol. The van der Waals surface area contributed by atoms with Crippen LogP contribution in [0.5, 0.6) is 0 Å². The summed E-state index contributed by atoms with van der Waals surface area (Å²) < 4.78 is 13.5. The number of halogens is 1. The zero-order chi connectivity index (χ0) is 21.7. The van der Waals surface area contributed by atoms with Gasteiger partial charge in [0.25, 0.3) is 0 Å². The molecule has 2 heterocycles. The maximum atomic E-state index is 13.5. The van der Waals surface area contributed by atoms with Crippen LogP contribution in [-0.4, -0.2) is 41.2 Å². The lowest BCUT2D eigenvalue weighted by molar-refractivity contribution is -0.142. The summed E-state index contributed by atoms with van der Waals surface area (Å²) in [5.41, 5.74) is 2.01. The van der Waals surface area contributed by atoms with Gasteiger partial charge >= 0.3 is 0 Å². The highest BCUT2D eigenvalue weighted by Crippen LogP contribution is 2.37. The van der Waals surface area contributed by atoms with Crippen molar-refractivity contribution in [3.05, 3.63) is 57.5 Å². The number of nitrogens with zero attached hydrogens (tertiary/aromatic N) is 2. The fraction of sp³-hybridized carbons (Fsp3) is 0.500.